The number of nitrogens with two attached hydrogens (primary N) is 1. The molecule has 0 saturated carbocycles. The number of hydrogen-bond acceptors (Lipinski definition) is 3. The molecule has 1 heterocycles. The van der Waals surface area contributed by atoms with Gasteiger partial charge in [0.1, 0.15) is 5.82 Å². The van der Waals surface area contributed by atoms with Crippen molar-refractivity contribution >= 4 is 24.2 Å². The second kappa shape index (κ2) is 7.94. The molecule has 1 fully saturated rings. The van der Waals surface area contributed by atoms with Gasteiger partial charge in [0.05, 0.1) is 6.04 Å². The van der Waals surface area contributed by atoms with Crippen molar-refractivity contribution in [1.29, 1.82) is 0 Å². The zero-order chi connectivity index (χ0) is 17.2. The number of rotatable bonds is 2. The zero-order valence-electron chi connectivity index (χ0n) is 14.3. The van der Waals surface area contributed by atoms with Gasteiger partial charge in [0.25, 0.3) is 5.91 Å². The normalized spacial score (nSPS) is 16.4. The number of benzene rings is 1. The van der Waals surface area contributed by atoms with Crippen molar-refractivity contribution in [3.05, 3.63) is 35.6 Å². The van der Waals surface area contributed by atoms with Gasteiger partial charge in [-0.05, 0) is 23.6 Å². The van der Waals surface area contributed by atoms with E-state index in [1.54, 1.807) is 15.9 Å². The summed E-state index contributed by atoms with van der Waals surface area (Å²) in [6.45, 7) is 7.54. The molecule has 5 nitrogen and oxygen atoms in total. The van der Waals surface area contributed by atoms with Gasteiger partial charge in [0.2, 0.25) is 5.91 Å². The van der Waals surface area contributed by atoms with Gasteiger partial charge in [0.15, 0.2) is 0 Å². The highest BCUT2D eigenvalue weighted by atomic mass is 35.5. The average Bonchev–Trinajstić information content (AvgIpc) is 2.52. The summed E-state index contributed by atoms with van der Waals surface area (Å²) >= 11 is 0. The Bertz CT molecular complexity index is 596. The van der Waals surface area contributed by atoms with E-state index in [-0.39, 0.29) is 29.6 Å². The molecule has 1 saturated heterocycles. The quantitative estimate of drug-likeness (QED) is 0.879. The molecule has 7 heteroatoms. The maximum atomic E-state index is 13.2. The molecule has 1 aliphatic rings. The molecule has 0 unspecified atom stereocenters. The Morgan fingerprint density at radius 3 is 2.17 bits per heavy atom. The molecule has 0 aliphatic carbocycles. The van der Waals surface area contributed by atoms with Crippen LogP contribution in [0, 0.1) is 11.2 Å². The molecule has 0 radical (unpaired) electrons. The van der Waals surface area contributed by atoms with E-state index in [0.29, 0.717) is 31.7 Å². The van der Waals surface area contributed by atoms with Crippen molar-refractivity contribution < 1.29 is 14.0 Å². The van der Waals surface area contributed by atoms with Crippen molar-refractivity contribution in [1.82, 2.24) is 9.80 Å². The fourth-order valence-electron chi connectivity index (χ4n) is 2.50. The van der Waals surface area contributed by atoms with Crippen LogP contribution < -0.4 is 5.73 Å². The number of hydrogen-bond donors (Lipinski definition) is 1. The Morgan fingerprint density at radius 2 is 1.67 bits per heavy atom. The second-order valence-electron chi connectivity index (χ2n) is 6.97. The molecule has 2 rings (SSSR count). The molecule has 0 bridgehead atoms. The second-order valence-corrected chi connectivity index (χ2v) is 6.97. The summed E-state index contributed by atoms with van der Waals surface area (Å²) in [5, 5.41) is 0. The summed E-state index contributed by atoms with van der Waals surface area (Å²) in [6.07, 6.45) is 0. The van der Waals surface area contributed by atoms with Gasteiger partial charge in [-0.25, -0.2) is 4.39 Å². The van der Waals surface area contributed by atoms with Gasteiger partial charge in [-0.3, -0.25) is 9.59 Å². The smallest absolute Gasteiger partial charge is 0.254 e. The summed E-state index contributed by atoms with van der Waals surface area (Å²) in [5.74, 6) is -0.729. The first-order valence-corrected chi connectivity index (χ1v) is 7.79. The summed E-state index contributed by atoms with van der Waals surface area (Å²) < 4.78 is 13.2. The number of halogens is 2. The Balaban J connectivity index is 0.00000288. The van der Waals surface area contributed by atoms with Gasteiger partial charge in [-0.1, -0.05) is 26.8 Å². The summed E-state index contributed by atoms with van der Waals surface area (Å²) in [5.41, 5.74) is 6.04. The predicted octanol–water partition coefficient (Wildman–Crippen LogP) is 1.91. The van der Waals surface area contributed by atoms with E-state index in [4.69, 9.17) is 5.73 Å². The Labute approximate surface area is 148 Å². The molecule has 1 aliphatic heterocycles. The standard InChI is InChI=1S/C17H24FN3O2.ClH/c1-17(2,3)14(19)16(23)21-9-7-20(8-10-21)15(22)12-5-4-6-13(18)11-12;/h4-6,11,14H,7-10,19H2,1-3H3;1H/t14-;/m1./s1. The van der Waals surface area contributed by atoms with E-state index in [1.165, 1.54) is 18.2 Å². The highest BCUT2D eigenvalue weighted by Crippen LogP contribution is 2.20. The highest BCUT2D eigenvalue weighted by Gasteiger charge is 2.33. The lowest BCUT2D eigenvalue weighted by atomic mass is 9.86. The van der Waals surface area contributed by atoms with Crippen LogP contribution in [0.1, 0.15) is 31.1 Å². The Morgan fingerprint density at radius 1 is 1.12 bits per heavy atom. The number of nitrogens with zero attached hydrogens (tertiary/aromatic N) is 2. The lowest BCUT2D eigenvalue weighted by Gasteiger charge is -2.38. The van der Waals surface area contributed by atoms with Crippen molar-refractivity contribution in [3.8, 4) is 0 Å². The van der Waals surface area contributed by atoms with Crippen LogP contribution in [0.4, 0.5) is 4.39 Å². The van der Waals surface area contributed by atoms with Crippen molar-refractivity contribution in [2.24, 2.45) is 11.1 Å². The highest BCUT2D eigenvalue weighted by molar-refractivity contribution is 5.94. The molecule has 0 aromatic heterocycles. The minimum absolute atomic E-state index is 0. The van der Waals surface area contributed by atoms with Gasteiger partial charge in [-0.2, -0.15) is 0 Å². The SMILES string of the molecule is CC(C)(C)[C@H](N)C(=O)N1CCN(C(=O)c2cccc(F)c2)CC1.Cl. The first-order valence-electron chi connectivity index (χ1n) is 7.79. The number of piperazine rings is 1. The lowest BCUT2D eigenvalue weighted by Crippen LogP contribution is -2.56. The summed E-state index contributed by atoms with van der Waals surface area (Å²) in [6, 6.07) is 5.09. The van der Waals surface area contributed by atoms with Crippen LogP contribution in [-0.4, -0.2) is 53.8 Å². The van der Waals surface area contributed by atoms with Crippen LogP contribution in [0.15, 0.2) is 24.3 Å². The van der Waals surface area contributed by atoms with Crippen molar-refractivity contribution in [3.63, 3.8) is 0 Å². The number of amides is 2. The minimum Gasteiger partial charge on any atom is -0.338 e. The van der Waals surface area contributed by atoms with E-state index in [1.807, 2.05) is 20.8 Å². The first kappa shape index (κ1) is 20.4. The molecule has 0 spiro atoms. The third-order valence-corrected chi connectivity index (χ3v) is 4.15. The van der Waals surface area contributed by atoms with E-state index in [9.17, 15) is 14.0 Å². The molecule has 1 atom stereocenters. The molecular weight excluding hydrogens is 333 g/mol. The topological polar surface area (TPSA) is 66.6 Å². The third kappa shape index (κ3) is 4.68. The van der Waals surface area contributed by atoms with Crippen LogP contribution in [0.2, 0.25) is 0 Å². The molecule has 2 amide bonds. The summed E-state index contributed by atoms with van der Waals surface area (Å²) in [4.78, 5) is 28.1. The van der Waals surface area contributed by atoms with E-state index >= 15 is 0 Å². The zero-order valence-corrected chi connectivity index (χ0v) is 15.1. The average molecular weight is 358 g/mol. The molecular formula is C17H25ClFN3O2. The maximum Gasteiger partial charge on any atom is 0.254 e. The minimum atomic E-state index is -0.562. The molecule has 1 aromatic carbocycles. The first-order chi connectivity index (χ1) is 10.7. The van der Waals surface area contributed by atoms with Crippen LogP contribution >= 0.6 is 12.4 Å². The van der Waals surface area contributed by atoms with Crippen molar-refractivity contribution in [2.45, 2.75) is 26.8 Å². The largest absolute Gasteiger partial charge is 0.338 e. The van der Waals surface area contributed by atoms with Gasteiger partial charge in [-0.15, -0.1) is 12.4 Å². The summed E-state index contributed by atoms with van der Waals surface area (Å²) in [7, 11) is 0. The third-order valence-electron chi connectivity index (χ3n) is 4.15. The predicted molar refractivity (Wildman–Crippen MR) is 93.6 cm³/mol. The van der Waals surface area contributed by atoms with Crippen LogP contribution in [0.5, 0.6) is 0 Å². The monoisotopic (exact) mass is 357 g/mol. The lowest BCUT2D eigenvalue weighted by molar-refractivity contribution is -0.136. The number of carbonyl (C=O) groups excluding carboxylic acids is 2. The van der Waals surface area contributed by atoms with Gasteiger partial charge < -0.3 is 15.5 Å². The van der Waals surface area contributed by atoms with Crippen molar-refractivity contribution in [2.75, 3.05) is 26.2 Å². The molecule has 1 aromatic rings. The molecule has 2 N–H and O–H groups in total. The van der Waals surface area contributed by atoms with Crippen LogP contribution in [0.25, 0.3) is 0 Å². The van der Waals surface area contributed by atoms with E-state index < -0.39 is 11.9 Å². The molecule has 134 valence electrons. The molecule has 24 heavy (non-hydrogen) atoms. The fourth-order valence-corrected chi connectivity index (χ4v) is 2.50. The van der Waals surface area contributed by atoms with Gasteiger partial charge in [0, 0.05) is 31.7 Å². The van der Waals surface area contributed by atoms with Crippen LogP contribution in [0.3, 0.4) is 0 Å². The van der Waals surface area contributed by atoms with E-state index in [2.05, 4.69) is 0 Å². The maximum absolute atomic E-state index is 13.2. The number of carbonyl (C=O) groups is 2. The Hall–Kier alpha value is -1.66. The van der Waals surface area contributed by atoms with Gasteiger partial charge >= 0.3 is 0 Å². The fraction of sp³-hybridized carbons (Fsp3) is 0.529. The van der Waals surface area contributed by atoms with Crippen LogP contribution in [-0.2, 0) is 4.79 Å². The Kier molecular flexibility index (Phi) is 6.75. The van der Waals surface area contributed by atoms with E-state index in [0.717, 1.165) is 0 Å².